The second kappa shape index (κ2) is 11.7. The molecule has 0 spiro atoms. The number of nitrogens with zero attached hydrogens (tertiary/aromatic N) is 1. The van der Waals surface area contributed by atoms with E-state index in [1.54, 1.807) is 7.11 Å². The third-order valence-electron chi connectivity index (χ3n) is 3.83. The van der Waals surface area contributed by atoms with Crippen molar-refractivity contribution in [2.24, 2.45) is 16.6 Å². The molecule has 0 saturated carbocycles. The van der Waals surface area contributed by atoms with E-state index in [0.29, 0.717) is 25.2 Å². The smallest absolute Gasteiger partial charge is 0.189 e. The topological polar surface area (TPSA) is 71.7 Å². The van der Waals surface area contributed by atoms with Crippen LogP contribution in [0.2, 0.25) is 0 Å². The first-order chi connectivity index (χ1) is 11.5. The van der Waals surface area contributed by atoms with Crippen molar-refractivity contribution in [2.75, 3.05) is 25.6 Å². The first-order valence-electron chi connectivity index (χ1n) is 8.89. The summed E-state index contributed by atoms with van der Waals surface area (Å²) in [6.45, 7) is 8.76. The zero-order valence-corrected chi connectivity index (χ0v) is 15.6. The van der Waals surface area contributed by atoms with Gasteiger partial charge < -0.3 is 21.1 Å². The number of benzene rings is 1. The summed E-state index contributed by atoms with van der Waals surface area (Å²) in [4.78, 5) is 4.43. The van der Waals surface area contributed by atoms with Crippen molar-refractivity contribution in [1.82, 2.24) is 5.32 Å². The van der Waals surface area contributed by atoms with Crippen LogP contribution in [0, 0.1) is 5.92 Å². The number of nitrogens with two attached hydrogens (primary N) is 1. The number of nitrogens with one attached hydrogen (secondary N) is 2. The van der Waals surface area contributed by atoms with E-state index in [1.165, 1.54) is 12.8 Å². The maximum absolute atomic E-state index is 5.98. The van der Waals surface area contributed by atoms with E-state index in [2.05, 4.69) is 60.7 Å². The third kappa shape index (κ3) is 9.40. The summed E-state index contributed by atoms with van der Waals surface area (Å²) >= 11 is 0. The van der Waals surface area contributed by atoms with Crippen LogP contribution in [0.4, 0.5) is 5.69 Å². The highest BCUT2D eigenvalue weighted by Crippen LogP contribution is 2.10. The van der Waals surface area contributed by atoms with E-state index in [0.717, 1.165) is 30.1 Å². The van der Waals surface area contributed by atoms with Crippen LogP contribution in [0.15, 0.2) is 29.3 Å². The zero-order valence-electron chi connectivity index (χ0n) is 15.6. The molecule has 1 aromatic carbocycles. The van der Waals surface area contributed by atoms with Gasteiger partial charge in [-0.25, -0.2) is 4.99 Å². The van der Waals surface area contributed by atoms with E-state index in [9.17, 15) is 0 Å². The molecule has 0 radical (unpaired) electrons. The number of guanidine groups is 1. The van der Waals surface area contributed by atoms with E-state index in [-0.39, 0.29) is 0 Å². The van der Waals surface area contributed by atoms with Crippen LogP contribution in [0.1, 0.15) is 45.6 Å². The fraction of sp³-hybridized carbons (Fsp3) is 0.632. The van der Waals surface area contributed by atoms with Gasteiger partial charge in [-0.2, -0.15) is 0 Å². The Bertz CT molecular complexity index is 471. The Morgan fingerprint density at radius 3 is 2.50 bits per heavy atom. The highest BCUT2D eigenvalue weighted by Gasteiger charge is 2.04. The van der Waals surface area contributed by atoms with Crippen molar-refractivity contribution in [3.63, 3.8) is 0 Å². The SMILES string of the molecule is COCCNc1ccc(CN=C(N)NC(C)CCCC(C)C)cc1. The van der Waals surface area contributed by atoms with Crippen molar-refractivity contribution < 1.29 is 4.74 Å². The van der Waals surface area contributed by atoms with Crippen LogP contribution < -0.4 is 16.4 Å². The average Bonchev–Trinajstić information content (AvgIpc) is 2.54. The van der Waals surface area contributed by atoms with Crippen LogP contribution in [-0.2, 0) is 11.3 Å². The second-order valence-electron chi connectivity index (χ2n) is 6.69. The van der Waals surface area contributed by atoms with Gasteiger partial charge in [0.2, 0.25) is 0 Å². The summed E-state index contributed by atoms with van der Waals surface area (Å²) in [5, 5.41) is 6.56. The van der Waals surface area contributed by atoms with E-state index >= 15 is 0 Å². The number of methoxy groups -OCH3 is 1. The van der Waals surface area contributed by atoms with Crippen molar-refractivity contribution in [3.8, 4) is 0 Å². The molecule has 0 amide bonds. The lowest BCUT2D eigenvalue weighted by Gasteiger charge is -2.15. The van der Waals surface area contributed by atoms with Gasteiger partial charge >= 0.3 is 0 Å². The molecule has 1 unspecified atom stereocenters. The minimum atomic E-state index is 0.361. The number of aliphatic imine (C=N–C) groups is 1. The largest absolute Gasteiger partial charge is 0.383 e. The van der Waals surface area contributed by atoms with Crippen molar-refractivity contribution in [1.29, 1.82) is 0 Å². The maximum atomic E-state index is 5.98. The van der Waals surface area contributed by atoms with Gasteiger partial charge in [0, 0.05) is 25.4 Å². The molecular weight excluding hydrogens is 300 g/mol. The predicted octanol–water partition coefficient (Wildman–Crippen LogP) is 3.36. The molecule has 0 aliphatic carbocycles. The van der Waals surface area contributed by atoms with Gasteiger partial charge in [-0.15, -0.1) is 0 Å². The quantitative estimate of drug-likeness (QED) is 0.330. The number of hydrogen-bond acceptors (Lipinski definition) is 3. The van der Waals surface area contributed by atoms with E-state index in [4.69, 9.17) is 10.5 Å². The lowest BCUT2D eigenvalue weighted by atomic mass is 10.0. The standard InChI is InChI=1S/C19H34N4O/c1-15(2)6-5-7-16(3)23-19(20)22-14-17-8-10-18(11-9-17)21-12-13-24-4/h8-11,15-16,21H,5-7,12-14H2,1-4H3,(H3,20,22,23). The van der Waals surface area contributed by atoms with Crippen LogP contribution >= 0.6 is 0 Å². The lowest BCUT2D eigenvalue weighted by molar-refractivity contribution is 0.211. The predicted molar refractivity (Wildman–Crippen MR) is 103 cm³/mol. The molecule has 4 N–H and O–H groups in total. The summed E-state index contributed by atoms with van der Waals surface area (Å²) in [5.74, 6) is 1.28. The Morgan fingerprint density at radius 1 is 1.17 bits per heavy atom. The molecule has 1 rings (SSSR count). The summed E-state index contributed by atoms with van der Waals surface area (Å²) < 4.78 is 5.02. The van der Waals surface area contributed by atoms with E-state index < -0.39 is 0 Å². The first-order valence-corrected chi connectivity index (χ1v) is 8.89. The van der Waals surface area contributed by atoms with Gasteiger partial charge in [-0.05, 0) is 37.0 Å². The third-order valence-corrected chi connectivity index (χ3v) is 3.83. The summed E-state index contributed by atoms with van der Waals surface area (Å²) in [6, 6.07) is 8.60. The van der Waals surface area contributed by atoms with Crippen LogP contribution in [0.3, 0.4) is 0 Å². The molecule has 0 fully saturated rings. The van der Waals surface area contributed by atoms with Crippen LogP contribution in [0.5, 0.6) is 0 Å². The molecule has 136 valence electrons. The summed E-state index contributed by atoms with van der Waals surface area (Å²) in [7, 11) is 1.70. The van der Waals surface area contributed by atoms with E-state index in [1.807, 2.05) is 0 Å². The molecular formula is C19H34N4O. The van der Waals surface area contributed by atoms with Gasteiger partial charge in [0.05, 0.1) is 13.2 Å². The summed E-state index contributed by atoms with van der Waals surface area (Å²) in [6.07, 6.45) is 3.60. The van der Waals surface area contributed by atoms with Crippen molar-refractivity contribution in [2.45, 2.75) is 52.6 Å². The molecule has 1 aromatic rings. The summed E-state index contributed by atoms with van der Waals surface area (Å²) in [5.41, 5.74) is 8.21. The highest BCUT2D eigenvalue weighted by molar-refractivity contribution is 5.78. The molecule has 0 saturated heterocycles. The molecule has 24 heavy (non-hydrogen) atoms. The number of hydrogen-bond donors (Lipinski definition) is 3. The zero-order chi connectivity index (χ0) is 17.8. The van der Waals surface area contributed by atoms with Gasteiger partial charge in [-0.1, -0.05) is 38.8 Å². The normalized spacial score (nSPS) is 13.1. The van der Waals surface area contributed by atoms with Gasteiger partial charge in [0.25, 0.3) is 0 Å². The maximum Gasteiger partial charge on any atom is 0.189 e. The second-order valence-corrected chi connectivity index (χ2v) is 6.69. The molecule has 5 heteroatoms. The number of rotatable bonds is 11. The Balaban J connectivity index is 2.33. The molecule has 0 aromatic heterocycles. The van der Waals surface area contributed by atoms with Crippen molar-refractivity contribution >= 4 is 11.6 Å². The monoisotopic (exact) mass is 334 g/mol. The Hall–Kier alpha value is -1.75. The number of ether oxygens (including phenoxy) is 1. The lowest BCUT2D eigenvalue weighted by Crippen LogP contribution is -2.38. The highest BCUT2D eigenvalue weighted by atomic mass is 16.5. The molecule has 5 nitrogen and oxygen atoms in total. The van der Waals surface area contributed by atoms with Gasteiger partial charge in [0.1, 0.15) is 0 Å². The fourth-order valence-electron chi connectivity index (χ4n) is 2.40. The van der Waals surface area contributed by atoms with Crippen molar-refractivity contribution in [3.05, 3.63) is 29.8 Å². The van der Waals surface area contributed by atoms with Gasteiger partial charge in [0.15, 0.2) is 5.96 Å². The minimum Gasteiger partial charge on any atom is -0.383 e. The van der Waals surface area contributed by atoms with Gasteiger partial charge in [-0.3, -0.25) is 0 Å². The van der Waals surface area contributed by atoms with Crippen LogP contribution in [-0.4, -0.2) is 32.3 Å². The first kappa shape index (κ1) is 20.3. The Morgan fingerprint density at radius 2 is 1.88 bits per heavy atom. The molecule has 1 atom stereocenters. The Labute approximate surface area is 147 Å². The molecule has 0 aliphatic heterocycles. The Kier molecular flexibility index (Phi) is 9.92. The molecule has 0 aliphatic rings. The molecule has 0 heterocycles. The minimum absolute atomic E-state index is 0.361. The average molecular weight is 335 g/mol. The fourth-order valence-corrected chi connectivity index (χ4v) is 2.40. The van der Waals surface area contributed by atoms with Crippen LogP contribution in [0.25, 0.3) is 0 Å². The molecule has 0 bridgehead atoms. The number of anilines is 1.